The molecule has 0 radical (unpaired) electrons. The summed E-state index contributed by atoms with van der Waals surface area (Å²) >= 11 is 1.86. The number of thiophene rings is 1. The molecule has 0 fully saturated rings. The van der Waals surface area contributed by atoms with Gasteiger partial charge in [-0.1, -0.05) is 121 Å². The average molecular weight is 629 g/mol. The van der Waals surface area contributed by atoms with E-state index in [1.54, 1.807) is 0 Å². The minimum absolute atomic E-state index is 0.328. The number of rotatable bonds is 2. The quantitative estimate of drug-likeness (QED) is 0.174. The summed E-state index contributed by atoms with van der Waals surface area (Å²) in [5.74, 6) is 0.712. The van der Waals surface area contributed by atoms with E-state index in [0.717, 1.165) is 21.9 Å². The lowest BCUT2D eigenvalue weighted by atomic mass is 9.74. The van der Waals surface area contributed by atoms with Crippen molar-refractivity contribution in [2.45, 2.75) is 0 Å². The molecule has 0 aliphatic heterocycles. The first kappa shape index (κ1) is 26.4. The third-order valence-corrected chi connectivity index (χ3v) is 11.8. The van der Waals surface area contributed by atoms with E-state index in [9.17, 15) is 0 Å². The summed E-state index contributed by atoms with van der Waals surface area (Å²) in [6.45, 7) is 0. The highest BCUT2D eigenvalue weighted by Crippen LogP contribution is 2.48. The van der Waals surface area contributed by atoms with Crippen LogP contribution in [0.4, 0.5) is 0 Å². The van der Waals surface area contributed by atoms with Crippen LogP contribution in [0.15, 0.2) is 162 Å². The molecule has 224 valence electrons. The van der Waals surface area contributed by atoms with E-state index < -0.39 is 0 Å². The smallest absolute Gasteiger partial charge is 0.143 e. The highest BCUT2D eigenvalue weighted by molar-refractivity contribution is 7.26. The number of hydrogen-bond donors (Lipinski definition) is 0. The van der Waals surface area contributed by atoms with Crippen LogP contribution in [0.3, 0.4) is 0 Å². The van der Waals surface area contributed by atoms with Crippen LogP contribution in [0.25, 0.3) is 91.1 Å². The Hall–Kier alpha value is -5.70. The molecule has 2 aromatic heterocycles. The van der Waals surface area contributed by atoms with Crippen molar-refractivity contribution in [3.63, 3.8) is 0 Å². The molecular weight excluding hydrogens is 601 g/mol. The number of hydrogen-bond acceptors (Lipinski definition) is 2. The van der Waals surface area contributed by atoms with Gasteiger partial charge in [0.2, 0.25) is 0 Å². The Morgan fingerprint density at radius 1 is 0.479 bits per heavy atom. The minimum atomic E-state index is 0.328. The summed E-state index contributed by atoms with van der Waals surface area (Å²) in [6, 6.07) is 42.5. The SMILES string of the molecule is C1=CC2C=CC=C(c3c4ccccc4c(-c4ccc5oc6c(ccc7c6ccc6sc8ccccc8c67)c5c4)c4ccccc34)C2C=C1. The van der Waals surface area contributed by atoms with Gasteiger partial charge in [0.15, 0.2) is 0 Å². The molecule has 0 saturated carbocycles. The Morgan fingerprint density at radius 2 is 1.12 bits per heavy atom. The van der Waals surface area contributed by atoms with E-state index in [-0.39, 0.29) is 0 Å². The van der Waals surface area contributed by atoms with E-state index in [1.165, 1.54) is 74.8 Å². The maximum atomic E-state index is 6.70. The van der Waals surface area contributed by atoms with Gasteiger partial charge in [0.05, 0.1) is 0 Å². The first-order valence-corrected chi connectivity index (χ1v) is 17.5. The van der Waals surface area contributed by atoms with Crippen molar-refractivity contribution >= 4 is 91.3 Å². The Labute approximate surface area is 281 Å². The first-order chi connectivity index (χ1) is 23.8. The molecule has 0 bridgehead atoms. The van der Waals surface area contributed by atoms with E-state index in [4.69, 9.17) is 4.42 Å². The van der Waals surface area contributed by atoms with Gasteiger partial charge in [-0.25, -0.2) is 0 Å². The van der Waals surface area contributed by atoms with Gasteiger partial charge in [-0.05, 0) is 85.6 Å². The minimum Gasteiger partial charge on any atom is -0.455 e. The van der Waals surface area contributed by atoms with Crippen molar-refractivity contribution in [1.82, 2.24) is 0 Å². The molecule has 2 unspecified atom stereocenters. The van der Waals surface area contributed by atoms with E-state index in [1.807, 2.05) is 11.3 Å². The van der Waals surface area contributed by atoms with Crippen molar-refractivity contribution in [1.29, 1.82) is 0 Å². The Morgan fingerprint density at radius 3 is 1.94 bits per heavy atom. The van der Waals surface area contributed by atoms with Crippen LogP contribution >= 0.6 is 11.3 Å². The van der Waals surface area contributed by atoms with Crippen molar-refractivity contribution < 1.29 is 4.42 Å². The van der Waals surface area contributed by atoms with Crippen molar-refractivity contribution in [2.24, 2.45) is 11.8 Å². The first-order valence-electron chi connectivity index (χ1n) is 16.7. The Kier molecular flexibility index (Phi) is 5.44. The van der Waals surface area contributed by atoms with Gasteiger partial charge in [-0.15, -0.1) is 11.3 Å². The summed E-state index contributed by atoms with van der Waals surface area (Å²) in [5, 5.41) is 12.5. The average Bonchev–Trinajstić information content (AvgIpc) is 3.72. The fraction of sp³-hybridized carbons (Fsp3) is 0.0435. The van der Waals surface area contributed by atoms with Crippen molar-refractivity contribution in [2.75, 3.05) is 0 Å². The molecule has 0 N–H and O–H groups in total. The maximum absolute atomic E-state index is 6.70. The standard InChI is InChI=1S/C46H28OS/c1-2-12-29-27(10-1)11-9-18-30(29)44-33-15-5-3-13-31(33)43(32-14-4-6-16-34(32)44)28-20-24-40-39(26-28)37-22-21-35-36(46(37)47-40)23-25-42-45(35)38-17-7-8-19-41(38)48-42/h1-27,29H. The van der Waals surface area contributed by atoms with Crippen LogP contribution in [-0.2, 0) is 0 Å². The third-order valence-electron chi connectivity index (χ3n) is 10.6. The van der Waals surface area contributed by atoms with Gasteiger partial charge in [-0.2, -0.15) is 0 Å². The van der Waals surface area contributed by atoms with Crippen LogP contribution < -0.4 is 0 Å². The van der Waals surface area contributed by atoms with Crippen molar-refractivity contribution in [3.8, 4) is 11.1 Å². The summed E-state index contributed by atoms with van der Waals surface area (Å²) in [5.41, 5.74) is 7.10. The van der Waals surface area contributed by atoms with Crippen LogP contribution in [0, 0.1) is 11.8 Å². The summed E-state index contributed by atoms with van der Waals surface area (Å²) in [6.07, 6.45) is 16.0. The second-order valence-corrected chi connectivity index (χ2v) is 14.2. The topological polar surface area (TPSA) is 13.1 Å². The lowest BCUT2D eigenvalue weighted by molar-refractivity contribution is 0.673. The van der Waals surface area contributed by atoms with Gasteiger partial charge in [0.1, 0.15) is 11.2 Å². The van der Waals surface area contributed by atoms with Crippen LogP contribution in [0.2, 0.25) is 0 Å². The highest BCUT2D eigenvalue weighted by Gasteiger charge is 2.27. The summed E-state index contributed by atoms with van der Waals surface area (Å²) in [4.78, 5) is 0. The van der Waals surface area contributed by atoms with Crippen molar-refractivity contribution in [3.05, 3.63) is 163 Å². The van der Waals surface area contributed by atoms with Gasteiger partial charge in [0, 0.05) is 48.2 Å². The Bertz CT molecular complexity index is 2900. The molecule has 0 saturated heterocycles. The third kappa shape index (κ3) is 3.61. The van der Waals surface area contributed by atoms with E-state index in [0.29, 0.717) is 11.8 Å². The molecule has 9 aromatic rings. The normalized spacial score (nSPS) is 17.5. The molecule has 0 spiro atoms. The highest BCUT2D eigenvalue weighted by atomic mass is 32.1. The number of furan rings is 1. The molecule has 2 atom stereocenters. The van der Waals surface area contributed by atoms with Gasteiger partial charge in [-0.3, -0.25) is 0 Å². The maximum Gasteiger partial charge on any atom is 0.143 e. The molecule has 2 aliphatic carbocycles. The van der Waals surface area contributed by atoms with Gasteiger partial charge < -0.3 is 4.42 Å². The molecule has 0 amide bonds. The molecule has 7 aromatic carbocycles. The zero-order valence-electron chi connectivity index (χ0n) is 26.0. The predicted molar refractivity (Wildman–Crippen MR) is 207 cm³/mol. The lowest BCUT2D eigenvalue weighted by Gasteiger charge is -2.29. The van der Waals surface area contributed by atoms with Crippen LogP contribution in [0.5, 0.6) is 0 Å². The number of fused-ring (bicyclic) bond motifs is 12. The monoisotopic (exact) mass is 628 g/mol. The largest absolute Gasteiger partial charge is 0.455 e. The zero-order valence-corrected chi connectivity index (χ0v) is 26.8. The fourth-order valence-corrected chi connectivity index (χ4v) is 9.66. The number of benzene rings is 7. The van der Waals surface area contributed by atoms with Gasteiger partial charge >= 0.3 is 0 Å². The van der Waals surface area contributed by atoms with Gasteiger partial charge in [0.25, 0.3) is 0 Å². The summed E-state index contributed by atoms with van der Waals surface area (Å²) in [7, 11) is 0. The van der Waals surface area contributed by atoms with Crippen LogP contribution in [0.1, 0.15) is 5.56 Å². The zero-order chi connectivity index (χ0) is 31.3. The summed E-state index contributed by atoms with van der Waals surface area (Å²) < 4.78 is 9.33. The van der Waals surface area contributed by atoms with Crippen LogP contribution in [-0.4, -0.2) is 0 Å². The molecule has 2 heterocycles. The lowest BCUT2D eigenvalue weighted by Crippen LogP contribution is -2.15. The second-order valence-electron chi connectivity index (χ2n) is 13.1. The molecule has 1 nitrogen and oxygen atoms in total. The Balaban J connectivity index is 1.17. The second kappa shape index (κ2) is 9.90. The molecule has 11 rings (SSSR count). The number of allylic oxidation sites excluding steroid dienone is 8. The van der Waals surface area contributed by atoms with E-state index >= 15 is 0 Å². The molecule has 2 heteroatoms. The van der Waals surface area contributed by atoms with E-state index in [2.05, 4.69) is 158 Å². The molecule has 2 aliphatic rings. The molecule has 48 heavy (non-hydrogen) atoms. The fourth-order valence-electron chi connectivity index (χ4n) is 8.54. The predicted octanol–water partition coefficient (Wildman–Crippen LogP) is 13.4. The molecular formula is C46H28OS.